The van der Waals surface area contributed by atoms with E-state index in [1.54, 1.807) is 16.9 Å². The maximum absolute atomic E-state index is 10.4. The summed E-state index contributed by atoms with van der Waals surface area (Å²) in [5.41, 5.74) is 0.792. The van der Waals surface area contributed by atoms with E-state index in [0.717, 1.165) is 10.9 Å². The number of fused-ring (bicyclic) bond motifs is 1. The minimum Gasteiger partial charge on any atom is -0.481 e. The van der Waals surface area contributed by atoms with Crippen molar-refractivity contribution in [1.82, 2.24) is 9.78 Å². The zero-order chi connectivity index (χ0) is 10.8. The smallest absolute Gasteiger partial charge is 0.305 e. The summed E-state index contributed by atoms with van der Waals surface area (Å²) in [7, 11) is 0. The van der Waals surface area contributed by atoms with Gasteiger partial charge in [-0.2, -0.15) is 5.10 Å². The summed E-state index contributed by atoms with van der Waals surface area (Å²) in [4.78, 5) is 10.4. The lowest BCUT2D eigenvalue weighted by molar-refractivity contribution is -0.137. The Morgan fingerprint density at radius 2 is 2.33 bits per heavy atom. The van der Waals surface area contributed by atoms with E-state index >= 15 is 0 Å². The highest BCUT2D eigenvalue weighted by molar-refractivity contribution is 6.35. The maximum Gasteiger partial charge on any atom is 0.305 e. The molecule has 5 heteroatoms. The van der Waals surface area contributed by atoms with Crippen molar-refractivity contribution >= 4 is 28.5 Å². The van der Waals surface area contributed by atoms with Gasteiger partial charge in [-0.1, -0.05) is 23.7 Å². The number of carbonyl (C=O) groups is 1. The summed E-state index contributed by atoms with van der Waals surface area (Å²) in [6.45, 7) is 0.336. The third kappa shape index (κ3) is 1.94. The van der Waals surface area contributed by atoms with Crippen LogP contribution in [0.1, 0.15) is 6.42 Å². The second-order valence-electron chi connectivity index (χ2n) is 3.19. The van der Waals surface area contributed by atoms with Crippen LogP contribution in [0.15, 0.2) is 24.4 Å². The standard InChI is InChI=1S/C10H9ClN2O2/c11-8-3-1-2-7-6-12-13(10(7)8)5-4-9(14)15/h1-3,6H,4-5H2,(H,14,15). The fourth-order valence-corrected chi connectivity index (χ4v) is 1.75. The third-order valence-electron chi connectivity index (χ3n) is 2.15. The van der Waals surface area contributed by atoms with Gasteiger partial charge in [0.1, 0.15) is 0 Å². The molecule has 0 atom stereocenters. The molecular weight excluding hydrogens is 216 g/mol. The van der Waals surface area contributed by atoms with Gasteiger partial charge in [-0.15, -0.1) is 0 Å². The van der Waals surface area contributed by atoms with Gasteiger partial charge in [-0.3, -0.25) is 9.48 Å². The van der Waals surface area contributed by atoms with Crippen LogP contribution in [0, 0.1) is 0 Å². The first-order valence-electron chi connectivity index (χ1n) is 4.50. The number of hydrogen-bond donors (Lipinski definition) is 1. The Balaban J connectivity index is 2.39. The maximum atomic E-state index is 10.4. The minimum atomic E-state index is -0.842. The molecule has 0 fully saturated rings. The minimum absolute atomic E-state index is 0.0437. The number of aliphatic carboxylic acids is 1. The lowest BCUT2D eigenvalue weighted by Gasteiger charge is -2.02. The fourth-order valence-electron chi connectivity index (χ4n) is 1.47. The predicted molar refractivity (Wildman–Crippen MR) is 57.0 cm³/mol. The Morgan fingerprint density at radius 1 is 1.53 bits per heavy atom. The van der Waals surface area contributed by atoms with Gasteiger partial charge >= 0.3 is 5.97 Å². The van der Waals surface area contributed by atoms with Crippen molar-refractivity contribution in [1.29, 1.82) is 0 Å². The van der Waals surface area contributed by atoms with Crippen molar-refractivity contribution in [3.63, 3.8) is 0 Å². The number of para-hydroxylation sites is 1. The van der Waals surface area contributed by atoms with Gasteiger partial charge in [-0.05, 0) is 6.07 Å². The first-order chi connectivity index (χ1) is 7.18. The lowest BCUT2D eigenvalue weighted by Crippen LogP contribution is -2.05. The molecule has 0 spiro atoms. The molecule has 1 heterocycles. The van der Waals surface area contributed by atoms with Crippen molar-refractivity contribution < 1.29 is 9.90 Å². The number of carboxylic acids is 1. The Labute approximate surface area is 91.1 Å². The highest BCUT2D eigenvalue weighted by Gasteiger charge is 2.07. The second-order valence-corrected chi connectivity index (χ2v) is 3.60. The molecule has 0 aliphatic rings. The average Bonchev–Trinajstić information content (AvgIpc) is 2.59. The number of aromatic nitrogens is 2. The van der Waals surface area contributed by atoms with Gasteiger partial charge in [0, 0.05) is 5.39 Å². The van der Waals surface area contributed by atoms with Crippen molar-refractivity contribution in [2.75, 3.05) is 0 Å². The van der Waals surface area contributed by atoms with E-state index in [2.05, 4.69) is 5.10 Å². The number of halogens is 1. The number of rotatable bonds is 3. The largest absolute Gasteiger partial charge is 0.481 e. The normalized spacial score (nSPS) is 10.7. The zero-order valence-electron chi connectivity index (χ0n) is 7.85. The van der Waals surface area contributed by atoms with E-state index in [-0.39, 0.29) is 6.42 Å². The highest BCUT2D eigenvalue weighted by atomic mass is 35.5. The lowest BCUT2D eigenvalue weighted by atomic mass is 10.2. The third-order valence-corrected chi connectivity index (χ3v) is 2.45. The van der Waals surface area contributed by atoms with Gasteiger partial charge in [0.2, 0.25) is 0 Å². The molecule has 0 aliphatic heterocycles. The van der Waals surface area contributed by atoms with E-state index in [9.17, 15) is 4.79 Å². The van der Waals surface area contributed by atoms with Gasteiger partial charge in [0.15, 0.2) is 0 Å². The van der Waals surface area contributed by atoms with E-state index < -0.39 is 5.97 Å². The molecule has 2 aromatic rings. The molecule has 1 aromatic carbocycles. The molecule has 0 unspecified atom stereocenters. The molecule has 0 amide bonds. The fraction of sp³-hybridized carbons (Fsp3) is 0.200. The first kappa shape index (κ1) is 9.98. The van der Waals surface area contributed by atoms with E-state index in [1.165, 1.54) is 0 Å². The van der Waals surface area contributed by atoms with Crippen molar-refractivity contribution in [2.45, 2.75) is 13.0 Å². The van der Waals surface area contributed by atoms with Crippen LogP contribution in [-0.4, -0.2) is 20.9 Å². The molecule has 78 valence electrons. The van der Waals surface area contributed by atoms with Gasteiger partial charge < -0.3 is 5.11 Å². The van der Waals surface area contributed by atoms with Crippen LogP contribution < -0.4 is 0 Å². The summed E-state index contributed by atoms with van der Waals surface area (Å²) in [6.07, 6.45) is 1.73. The molecular formula is C10H9ClN2O2. The molecule has 1 aromatic heterocycles. The number of aryl methyl sites for hydroxylation is 1. The van der Waals surface area contributed by atoms with Crippen LogP contribution in [0.5, 0.6) is 0 Å². The molecule has 15 heavy (non-hydrogen) atoms. The summed E-state index contributed by atoms with van der Waals surface area (Å²) in [5, 5.41) is 14.2. The summed E-state index contributed by atoms with van der Waals surface area (Å²) >= 11 is 6.01. The van der Waals surface area contributed by atoms with E-state index in [1.807, 2.05) is 12.1 Å². The topological polar surface area (TPSA) is 55.1 Å². The van der Waals surface area contributed by atoms with Crippen molar-refractivity contribution in [3.05, 3.63) is 29.4 Å². The SMILES string of the molecule is O=C(O)CCn1ncc2cccc(Cl)c21. The quantitative estimate of drug-likeness (QED) is 0.869. The molecule has 1 N–H and O–H groups in total. The molecule has 0 radical (unpaired) electrons. The molecule has 0 bridgehead atoms. The molecule has 2 rings (SSSR count). The number of benzene rings is 1. The van der Waals surface area contributed by atoms with Crippen LogP contribution in [0.4, 0.5) is 0 Å². The van der Waals surface area contributed by atoms with Gasteiger partial charge in [0.05, 0.1) is 29.7 Å². The van der Waals surface area contributed by atoms with Crippen LogP contribution in [0.3, 0.4) is 0 Å². The van der Waals surface area contributed by atoms with Gasteiger partial charge in [0.25, 0.3) is 0 Å². The predicted octanol–water partition coefficient (Wildman–Crippen LogP) is 2.16. The van der Waals surface area contributed by atoms with E-state index in [0.29, 0.717) is 11.6 Å². The van der Waals surface area contributed by atoms with Crippen LogP contribution in [0.2, 0.25) is 5.02 Å². The van der Waals surface area contributed by atoms with Crippen LogP contribution in [-0.2, 0) is 11.3 Å². The first-order valence-corrected chi connectivity index (χ1v) is 4.88. The highest BCUT2D eigenvalue weighted by Crippen LogP contribution is 2.22. The zero-order valence-corrected chi connectivity index (χ0v) is 8.61. The van der Waals surface area contributed by atoms with E-state index in [4.69, 9.17) is 16.7 Å². The number of nitrogens with zero attached hydrogens (tertiary/aromatic N) is 2. The summed E-state index contributed by atoms with van der Waals surface area (Å²) in [5.74, 6) is -0.842. The molecule has 0 aliphatic carbocycles. The Morgan fingerprint density at radius 3 is 3.07 bits per heavy atom. The molecule has 0 saturated carbocycles. The average molecular weight is 225 g/mol. The van der Waals surface area contributed by atoms with Crippen molar-refractivity contribution in [2.24, 2.45) is 0 Å². The Kier molecular flexibility index (Phi) is 2.60. The second kappa shape index (κ2) is 3.90. The number of hydrogen-bond acceptors (Lipinski definition) is 2. The van der Waals surface area contributed by atoms with Crippen molar-refractivity contribution in [3.8, 4) is 0 Å². The Bertz CT molecular complexity index is 507. The molecule has 4 nitrogen and oxygen atoms in total. The number of carboxylic acid groups (broad SMARTS) is 1. The van der Waals surface area contributed by atoms with Gasteiger partial charge in [-0.25, -0.2) is 0 Å². The molecule has 0 saturated heterocycles. The summed E-state index contributed by atoms with van der Waals surface area (Å²) < 4.78 is 1.62. The van der Waals surface area contributed by atoms with Crippen LogP contribution >= 0.6 is 11.6 Å². The Hall–Kier alpha value is -1.55. The summed E-state index contributed by atoms with van der Waals surface area (Å²) in [6, 6.07) is 5.50. The monoisotopic (exact) mass is 224 g/mol. The van der Waals surface area contributed by atoms with Crippen LogP contribution in [0.25, 0.3) is 10.9 Å².